The highest BCUT2D eigenvalue weighted by Gasteiger charge is 2.39. The zero-order valence-corrected chi connectivity index (χ0v) is 22.7. The van der Waals surface area contributed by atoms with Crippen LogP contribution in [0.15, 0.2) is 54.6 Å². The van der Waals surface area contributed by atoms with Crippen molar-refractivity contribution in [2.45, 2.75) is 46.1 Å². The molecule has 0 aliphatic heterocycles. The summed E-state index contributed by atoms with van der Waals surface area (Å²) in [6.07, 6.45) is 0.190. The molecular weight excluding hydrogens is 494 g/mol. The minimum Gasteiger partial charge on any atom is -0.465 e. The van der Waals surface area contributed by atoms with E-state index in [0.29, 0.717) is 5.56 Å². The molecule has 2 aromatic rings. The number of esters is 2. The minimum atomic E-state index is -3.72. The summed E-state index contributed by atoms with van der Waals surface area (Å²) in [4.78, 5) is 25.0. The lowest BCUT2D eigenvalue weighted by Gasteiger charge is -2.31. The Kier molecular flexibility index (Phi) is 10.8. The predicted molar refractivity (Wildman–Crippen MR) is 139 cm³/mol. The van der Waals surface area contributed by atoms with Gasteiger partial charge in [-0.2, -0.15) is 5.26 Å². The lowest BCUT2D eigenvalue weighted by Crippen LogP contribution is -2.41. The fourth-order valence-electron chi connectivity index (χ4n) is 3.86. The first-order valence-electron chi connectivity index (χ1n) is 12.0. The summed E-state index contributed by atoms with van der Waals surface area (Å²) in [7, 11) is -3.72. The standard InChI is InChI=1S/C28H35NO7S/c1-5-35-25(30)18-37(32,33)21-27(2,3)19-34-20-28(4,24-13-9-12-22(16-24)14-15-29)26(31)36-17-23-10-7-6-8-11-23/h6-13,16H,5,14,17-21H2,1-4H3. The predicted octanol–water partition coefficient (Wildman–Crippen LogP) is 3.77. The van der Waals surface area contributed by atoms with E-state index < -0.39 is 38.4 Å². The molecule has 0 amide bonds. The van der Waals surface area contributed by atoms with Crippen LogP contribution >= 0.6 is 0 Å². The molecule has 0 aliphatic carbocycles. The number of carbonyl (C=O) groups excluding carboxylic acids is 2. The SMILES string of the molecule is CCOC(=O)CS(=O)(=O)CC(C)(C)COCC(C)(C(=O)OCc1ccccc1)c1cccc(CC#N)c1. The first kappa shape index (κ1) is 30.0. The summed E-state index contributed by atoms with van der Waals surface area (Å²) in [5.74, 6) is -2.27. The Morgan fingerprint density at radius 2 is 1.62 bits per heavy atom. The first-order valence-corrected chi connectivity index (χ1v) is 13.8. The molecule has 8 nitrogen and oxygen atoms in total. The quantitative estimate of drug-likeness (QED) is 0.339. The third-order valence-electron chi connectivity index (χ3n) is 5.65. The molecule has 2 rings (SSSR count). The van der Waals surface area contributed by atoms with Gasteiger partial charge in [0.25, 0.3) is 0 Å². The van der Waals surface area contributed by atoms with Gasteiger partial charge in [0.15, 0.2) is 9.84 Å². The maximum absolute atomic E-state index is 13.4. The van der Waals surface area contributed by atoms with E-state index in [0.717, 1.165) is 11.1 Å². The van der Waals surface area contributed by atoms with Gasteiger partial charge in [-0.15, -0.1) is 0 Å². The van der Waals surface area contributed by atoms with Gasteiger partial charge in [-0.25, -0.2) is 8.42 Å². The molecule has 37 heavy (non-hydrogen) atoms. The van der Waals surface area contributed by atoms with Gasteiger partial charge < -0.3 is 14.2 Å². The van der Waals surface area contributed by atoms with E-state index in [1.165, 1.54) is 0 Å². The monoisotopic (exact) mass is 529 g/mol. The van der Waals surface area contributed by atoms with Crippen molar-refractivity contribution >= 4 is 21.8 Å². The molecule has 0 aromatic heterocycles. The summed E-state index contributed by atoms with van der Waals surface area (Å²) in [6, 6.07) is 18.5. The number of nitriles is 1. The maximum Gasteiger partial charge on any atom is 0.321 e. The van der Waals surface area contributed by atoms with Crippen LogP contribution in [0.4, 0.5) is 0 Å². The molecule has 0 aliphatic rings. The Morgan fingerprint density at radius 3 is 2.27 bits per heavy atom. The van der Waals surface area contributed by atoms with Crippen molar-refractivity contribution in [3.8, 4) is 6.07 Å². The summed E-state index contributed by atoms with van der Waals surface area (Å²) in [5, 5.41) is 9.10. The molecule has 0 saturated heterocycles. The Labute approximate surface area is 219 Å². The first-order chi connectivity index (χ1) is 17.4. The zero-order valence-electron chi connectivity index (χ0n) is 21.9. The molecule has 2 aromatic carbocycles. The van der Waals surface area contributed by atoms with E-state index in [1.807, 2.05) is 30.3 Å². The van der Waals surface area contributed by atoms with E-state index in [2.05, 4.69) is 6.07 Å². The van der Waals surface area contributed by atoms with Gasteiger partial charge in [0, 0.05) is 5.41 Å². The Hall–Kier alpha value is -3.22. The Bertz CT molecular complexity index is 1200. The highest BCUT2D eigenvalue weighted by Crippen LogP contribution is 2.29. The minimum absolute atomic E-state index is 0.0223. The normalized spacial score (nSPS) is 13.3. The second kappa shape index (κ2) is 13.4. The molecule has 0 saturated carbocycles. The molecule has 1 unspecified atom stereocenters. The van der Waals surface area contributed by atoms with Gasteiger partial charge in [-0.1, -0.05) is 68.4 Å². The molecule has 0 spiro atoms. The van der Waals surface area contributed by atoms with Gasteiger partial charge in [0.2, 0.25) is 0 Å². The smallest absolute Gasteiger partial charge is 0.321 e. The Morgan fingerprint density at radius 1 is 0.946 bits per heavy atom. The average Bonchev–Trinajstić information content (AvgIpc) is 2.82. The number of hydrogen-bond acceptors (Lipinski definition) is 8. The highest BCUT2D eigenvalue weighted by molar-refractivity contribution is 7.92. The van der Waals surface area contributed by atoms with Crippen LogP contribution in [0.1, 0.15) is 44.4 Å². The molecule has 9 heteroatoms. The van der Waals surface area contributed by atoms with Crippen LogP contribution in [0, 0.1) is 16.7 Å². The van der Waals surface area contributed by atoms with Crippen LogP contribution in [-0.2, 0) is 52.1 Å². The lowest BCUT2D eigenvalue weighted by molar-refractivity contribution is -0.154. The molecule has 0 radical (unpaired) electrons. The lowest BCUT2D eigenvalue weighted by atomic mass is 9.82. The number of nitrogens with zero attached hydrogens (tertiary/aromatic N) is 1. The number of sulfone groups is 1. The van der Waals surface area contributed by atoms with Crippen LogP contribution in [-0.4, -0.2) is 51.7 Å². The highest BCUT2D eigenvalue weighted by atomic mass is 32.2. The van der Waals surface area contributed by atoms with E-state index in [4.69, 9.17) is 19.5 Å². The van der Waals surface area contributed by atoms with Gasteiger partial charge in [0.1, 0.15) is 17.8 Å². The summed E-state index contributed by atoms with van der Waals surface area (Å²) >= 11 is 0. The van der Waals surface area contributed by atoms with Gasteiger partial charge in [-0.3, -0.25) is 9.59 Å². The molecular formula is C28H35NO7S. The number of carbonyl (C=O) groups is 2. The van der Waals surface area contributed by atoms with E-state index in [1.54, 1.807) is 52.0 Å². The average molecular weight is 530 g/mol. The van der Waals surface area contributed by atoms with Crippen LogP contribution < -0.4 is 0 Å². The summed E-state index contributed by atoms with van der Waals surface area (Å²) < 4.78 is 41.3. The summed E-state index contributed by atoms with van der Waals surface area (Å²) in [5.41, 5.74) is 0.187. The van der Waals surface area contributed by atoms with Crippen molar-refractivity contribution < 1.29 is 32.2 Å². The van der Waals surface area contributed by atoms with Crippen molar-refractivity contribution in [2.75, 3.05) is 31.3 Å². The third-order valence-corrected chi connectivity index (χ3v) is 7.54. The van der Waals surface area contributed by atoms with Gasteiger partial charge in [0.05, 0.1) is 38.1 Å². The topological polar surface area (TPSA) is 120 Å². The molecule has 0 N–H and O–H groups in total. The van der Waals surface area contributed by atoms with E-state index >= 15 is 0 Å². The fraction of sp³-hybridized carbons (Fsp3) is 0.464. The van der Waals surface area contributed by atoms with Crippen molar-refractivity contribution in [2.24, 2.45) is 5.41 Å². The molecule has 0 bridgehead atoms. The second-order valence-electron chi connectivity index (χ2n) is 9.92. The third kappa shape index (κ3) is 9.63. The molecule has 1 atom stereocenters. The van der Waals surface area contributed by atoms with E-state index in [-0.39, 0.29) is 38.6 Å². The van der Waals surface area contributed by atoms with Crippen LogP contribution in [0.2, 0.25) is 0 Å². The van der Waals surface area contributed by atoms with Crippen LogP contribution in [0.5, 0.6) is 0 Å². The Balaban J connectivity index is 2.17. The van der Waals surface area contributed by atoms with Crippen molar-refractivity contribution in [3.05, 3.63) is 71.3 Å². The van der Waals surface area contributed by atoms with Crippen molar-refractivity contribution in [3.63, 3.8) is 0 Å². The fourth-order valence-corrected chi connectivity index (χ4v) is 5.68. The van der Waals surface area contributed by atoms with Crippen LogP contribution in [0.25, 0.3) is 0 Å². The number of benzene rings is 2. The maximum atomic E-state index is 13.4. The molecule has 0 heterocycles. The zero-order chi connectivity index (χ0) is 27.5. The second-order valence-corrected chi connectivity index (χ2v) is 12.0. The number of rotatable bonds is 14. The van der Waals surface area contributed by atoms with E-state index in [9.17, 15) is 18.0 Å². The van der Waals surface area contributed by atoms with Gasteiger partial charge >= 0.3 is 11.9 Å². The summed E-state index contributed by atoms with van der Waals surface area (Å²) in [6.45, 7) is 6.89. The van der Waals surface area contributed by atoms with Gasteiger partial charge in [-0.05, 0) is 30.5 Å². The number of ether oxygens (including phenoxy) is 3. The number of hydrogen-bond donors (Lipinski definition) is 0. The van der Waals surface area contributed by atoms with Crippen molar-refractivity contribution in [1.82, 2.24) is 0 Å². The van der Waals surface area contributed by atoms with Crippen LogP contribution in [0.3, 0.4) is 0 Å². The largest absolute Gasteiger partial charge is 0.465 e. The molecule has 0 fully saturated rings. The molecule has 200 valence electrons. The van der Waals surface area contributed by atoms with Crippen molar-refractivity contribution in [1.29, 1.82) is 5.26 Å².